The Bertz CT molecular complexity index is 1160. The van der Waals surface area contributed by atoms with Gasteiger partial charge in [0, 0.05) is 35.6 Å². The number of carbonyl (C=O) groups is 1. The summed E-state index contributed by atoms with van der Waals surface area (Å²) >= 11 is 4.21. The normalized spacial score (nSPS) is 18.2. The number of amides is 1. The molecule has 0 atom stereocenters. The summed E-state index contributed by atoms with van der Waals surface area (Å²) in [5.74, 6) is 1.83. The summed E-state index contributed by atoms with van der Waals surface area (Å²) in [6.45, 7) is 0.615. The zero-order valence-electron chi connectivity index (χ0n) is 18.6. The number of hydrogen-bond acceptors (Lipinski definition) is 6. The standard InChI is InChI=1S/C24H27I2N5O2/c1-31(2)22-17-5-3-4-6-20(17)29-24(30-22)28-16-9-7-14(8-10-16)13-27-23(33)18-11-15(25)12-19(26)21(18)32/h3-6,11-12,14,16,32H,7-10,13H2,1-2H3,(H,27,33)(H,28,29,30)/t14-,16+. The molecule has 3 aromatic rings. The third-order valence-electron chi connectivity index (χ3n) is 6.01. The Hall–Kier alpha value is -1.89. The highest BCUT2D eigenvalue weighted by Gasteiger charge is 2.23. The van der Waals surface area contributed by atoms with Gasteiger partial charge in [0.15, 0.2) is 0 Å². The Balaban J connectivity index is 1.33. The molecule has 2 aromatic carbocycles. The van der Waals surface area contributed by atoms with Gasteiger partial charge in [0.1, 0.15) is 11.6 Å². The van der Waals surface area contributed by atoms with Crippen molar-refractivity contribution in [3.05, 3.63) is 49.1 Å². The maximum Gasteiger partial charge on any atom is 0.255 e. The van der Waals surface area contributed by atoms with Crippen molar-refractivity contribution in [2.24, 2.45) is 5.92 Å². The third kappa shape index (κ3) is 5.79. The van der Waals surface area contributed by atoms with Gasteiger partial charge in [-0.2, -0.15) is 4.98 Å². The Morgan fingerprint density at radius 3 is 2.58 bits per heavy atom. The average molecular weight is 671 g/mol. The number of halogens is 2. The van der Waals surface area contributed by atoms with E-state index in [1.54, 1.807) is 6.07 Å². The van der Waals surface area contributed by atoms with Crippen molar-refractivity contribution in [3.63, 3.8) is 0 Å². The molecule has 0 aliphatic heterocycles. The second-order valence-electron chi connectivity index (χ2n) is 8.64. The number of phenols is 1. The molecule has 9 heteroatoms. The van der Waals surface area contributed by atoms with Crippen LogP contribution in [0, 0.1) is 13.1 Å². The van der Waals surface area contributed by atoms with Gasteiger partial charge in [0.25, 0.3) is 5.91 Å². The van der Waals surface area contributed by atoms with E-state index >= 15 is 0 Å². The molecular weight excluding hydrogens is 644 g/mol. The Morgan fingerprint density at radius 1 is 1.12 bits per heavy atom. The first-order valence-electron chi connectivity index (χ1n) is 11.0. The van der Waals surface area contributed by atoms with Crippen molar-refractivity contribution in [1.29, 1.82) is 0 Å². The monoisotopic (exact) mass is 671 g/mol. The topological polar surface area (TPSA) is 90.4 Å². The fraction of sp³-hybridized carbons (Fsp3) is 0.375. The van der Waals surface area contributed by atoms with Crippen molar-refractivity contribution in [1.82, 2.24) is 15.3 Å². The van der Waals surface area contributed by atoms with E-state index in [4.69, 9.17) is 9.97 Å². The molecule has 1 heterocycles. The van der Waals surface area contributed by atoms with Crippen LogP contribution in [-0.2, 0) is 0 Å². The molecule has 1 aliphatic carbocycles. The smallest absolute Gasteiger partial charge is 0.255 e. The van der Waals surface area contributed by atoms with Crippen molar-refractivity contribution < 1.29 is 9.90 Å². The number of aromatic hydroxyl groups is 1. The van der Waals surface area contributed by atoms with Gasteiger partial charge in [0.05, 0.1) is 14.7 Å². The molecule has 4 rings (SSSR count). The van der Waals surface area contributed by atoms with E-state index in [2.05, 4.69) is 33.2 Å². The van der Waals surface area contributed by atoms with E-state index < -0.39 is 0 Å². The number of anilines is 2. The first-order valence-corrected chi connectivity index (χ1v) is 13.1. The summed E-state index contributed by atoms with van der Waals surface area (Å²) in [4.78, 5) is 24.1. The Morgan fingerprint density at radius 2 is 1.85 bits per heavy atom. The largest absolute Gasteiger partial charge is 0.506 e. The molecule has 0 radical (unpaired) electrons. The summed E-state index contributed by atoms with van der Waals surface area (Å²) in [6.07, 6.45) is 4.03. The van der Waals surface area contributed by atoms with Crippen LogP contribution in [0.4, 0.5) is 11.8 Å². The summed E-state index contributed by atoms with van der Waals surface area (Å²) in [5.41, 5.74) is 1.27. The fourth-order valence-corrected chi connectivity index (χ4v) is 6.07. The molecule has 1 aliphatic rings. The molecule has 1 saturated carbocycles. The third-order valence-corrected chi connectivity index (χ3v) is 7.46. The Labute approximate surface area is 221 Å². The molecule has 1 aromatic heterocycles. The average Bonchev–Trinajstić information content (AvgIpc) is 2.80. The lowest BCUT2D eigenvalue weighted by Crippen LogP contribution is -2.34. The molecule has 3 N–H and O–H groups in total. The first-order chi connectivity index (χ1) is 15.8. The van der Waals surface area contributed by atoms with E-state index in [1.807, 2.05) is 71.9 Å². The molecule has 1 fully saturated rings. The molecule has 174 valence electrons. The second kappa shape index (κ2) is 10.6. The maximum absolute atomic E-state index is 12.6. The van der Waals surface area contributed by atoms with Crippen LogP contribution >= 0.6 is 45.2 Å². The lowest BCUT2D eigenvalue weighted by atomic mass is 9.86. The first kappa shape index (κ1) is 24.2. The molecule has 0 saturated heterocycles. The van der Waals surface area contributed by atoms with Crippen LogP contribution in [0.3, 0.4) is 0 Å². The molecule has 0 bridgehead atoms. The van der Waals surface area contributed by atoms with Crippen LogP contribution in [0.15, 0.2) is 36.4 Å². The van der Waals surface area contributed by atoms with Gasteiger partial charge in [-0.25, -0.2) is 4.98 Å². The van der Waals surface area contributed by atoms with Crippen LogP contribution in [-0.4, -0.2) is 47.7 Å². The summed E-state index contributed by atoms with van der Waals surface area (Å²) in [6, 6.07) is 11.9. The lowest BCUT2D eigenvalue weighted by Gasteiger charge is -2.29. The van der Waals surface area contributed by atoms with Gasteiger partial charge in [0.2, 0.25) is 5.95 Å². The molecule has 33 heavy (non-hydrogen) atoms. The van der Waals surface area contributed by atoms with Crippen molar-refractivity contribution in [3.8, 4) is 5.75 Å². The van der Waals surface area contributed by atoms with Gasteiger partial charge in [-0.1, -0.05) is 12.1 Å². The van der Waals surface area contributed by atoms with Gasteiger partial charge in [-0.05, 0) is 101 Å². The number of nitrogens with one attached hydrogen (secondary N) is 2. The number of fused-ring (bicyclic) bond motifs is 1. The number of para-hydroxylation sites is 1. The molecule has 7 nitrogen and oxygen atoms in total. The highest BCUT2D eigenvalue weighted by molar-refractivity contribution is 14.1. The predicted molar refractivity (Wildman–Crippen MR) is 149 cm³/mol. The van der Waals surface area contributed by atoms with Crippen molar-refractivity contribution >= 4 is 73.8 Å². The van der Waals surface area contributed by atoms with Crippen LogP contribution < -0.4 is 15.5 Å². The fourth-order valence-electron chi connectivity index (χ4n) is 4.23. The van der Waals surface area contributed by atoms with Crippen LogP contribution in [0.25, 0.3) is 10.9 Å². The maximum atomic E-state index is 12.6. The number of carbonyl (C=O) groups excluding carboxylic acids is 1. The van der Waals surface area contributed by atoms with Crippen LogP contribution in [0.2, 0.25) is 0 Å². The zero-order chi connectivity index (χ0) is 23.5. The summed E-state index contributed by atoms with van der Waals surface area (Å²) < 4.78 is 1.62. The van der Waals surface area contributed by atoms with E-state index in [0.29, 0.717) is 33.6 Å². The highest BCUT2D eigenvalue weighted by atomic mass is 127. The Kier molecular flexibility index (Phi) is 7.77. The van der Waals surface area contributed by atoms with E-state index in [9.17, 15) is 9.90 Å². The number of benzene rings is 2. The van der Waals surface area contributed by atoms with Gasteiger partial charge in [-0.15, -0.1) is 0 Å². The lowest BCUT2D eigenvalue weighted by molar-refractivity contribution is 0.0940. The number of rotatable bonds is 6. The van der Waals surface area contributed by atoms with E-state index in [1.165, 1.54) is 0 Å². The van der Waals surface area contributed by atoms with Crippen molar-refractivity contribution in [2.75, 3.05) is 30.9 Å². The number of nitrogens with zero attached hydrogens (tertiary/aromatic N) is 3. The molecule has 0 unspecified atom stereocenters. The summed E-state index contributed by atoms with van der Waals surface area (Å²) in [5, 5.41) is 17.8. The van der Waals surface area contributed by atoms with Crippen LogP contribution in [0.5, 0.6) is 5.75 Å². The number of aromatic nitrogens is 2. The van der Waals surface area contributed by atoms with E-state index in [0.717, 1.165) is 46.0 Å². The van der Waals surface area contributed by atoms with E-state index in [-0.39, 0.29) is 11.7 Å². The summed E-state index contributed by atoms with van der Waals surface area (Å²) in [7, 11) is 3.99. The van der Waals surface area contributed by atoms with Gasteiger partial charge in [-0.3, -0.25) is 4.79 Å². The minimum absolute atomic E-state index is 0.0499. The van der Waals surface area contributed by atoms with Crippen molar-refractivity contribution in [2.45, 2.75) is 31.7 Å². The zero-order valence-corrected chi connectivity index (χ0v) is 22.9. The SMILES string of the molecule is CN(C)c1nc(N[C@H]2CC[C@@H](CNC(=O)c3cc(I)cc(I)c3O)CC2)nc2ccccc12. The molecule has 0 spiro atoms. The number of phenolic OH excluding ortho intramolecular Hbond substituents is 1. The minimum atomic E-state index is -0.218. The number of hydrogen-bond donors (Lipinski definition) is 3. The second-order valence-corrected chi connectivity index (χ2v) is 11.0. The highest BCUT2D eigenvalue weighted by Crippen LogP contribution is 2.29. The van der Waals surface area contributed by atoms with Gasteiger partial charge < -0.3 is 20.6 Å². The van der Waals surface area contributed by atoms with Gasteiger partial charge >= 0.3 is 0 Å². The minimum Gasteiger partial charge on any atom is -0.506 e. The quantitative estimate of drug-likeness (QED) is 0.320. The van der Waals surface area contributed by atoms with Crippen LogP contribution in [0.1, 0.15) is 36.0 Å². The predicted octanol–water partition coefficient (Wildman–Crippen LogP) is 5.01. The molecular formula is C24H27I2N5O2. The molecule has 1 amide bonds.